The Labute approximate surface area is 135 Å². The number of unbranched alkanes of at least 4 members (excludes halogenated alkanes) is 1. The Bertz CT molecular complexity index is 742. The first-order valence-electron chi connectivity index (χ1n) is 7.52. The van der Waals surface area contributed by atoms with Gasteiger partial charge in [0.05, 0.1) is 17.5 Å². The van der Waals surface area contributed by atoms with Gasteiger partial charge >= 0.3 is 0 Å². The number of fused-ring (bicyclic) bond motifs is 1. The van der Waals surface area contributed by atoms with E-state index in [0.29, 0.717) is 12.4 Å². The number of hydrogen-bond acceptors (Lipinski definition) is 5. The Kier molecular flexibility index (Phi) is 5.94. The predicted octanol–water partition coefficient (Wildman–Crippen LogP) is 0.835. The zero-order valence-electron chi connectivity index (χ0n) is 13.4. The third kappa shape index (κ3) is 4.44. The summed E-state index contributed by atoms with van der Waals surface area (Å²) in [7, 11) is 1.87. The fourth-order valence-electron chi connectivity index (χ4n) is 2.07. The highest BCUT2D eigenvalue weighted by molar-refractivity contribution is 5.92. The lowest BCUT2D eigenvalue weighted by Crippen LogP contribution is -2.28. The molecule has 0 aliphatic rings. The maximum Gasteiger partial charge on any atom is 0.246 e. The van der Waals surface area contributed by atoms with E-state index in [4.69, 9.17) is 10.5 Å². The number of nitrogens with one attached hydrogen (secondary N) is 1. The number of ether oxygens (including phenoxy) is 1. The first-order valence-corrected chi connectivity index (χ1v) is 7.52. The van der Waals surface area contributed by atoms with Gasteiger partial charge in [-0.3, -0.25) is 4.79 Å². The Morgan fingerprint density at radius 3 is 3.09 bits per heavy atom. The summed E-state index contributed by atoms with van der Waals surface area (Å²) in [5.74, 6) is 6.13. The van der Waals surface area contributed by atoms with Gasteiger partial charge in [0, 0.05) is 19.9 Å². The molecule has 2 rings (SSSR count). The van der Waals surface area contributed by atoms with Crippen molar-refractivity contribution < 1.29 is 9.53 Å². The summed E-state index contributed by atoms with van der Waals surface area (Å²) in [4.78, 5) is 19.7. The smallest absolute Gasteiger partial charge is 0.246 e. The molecule has 3 N–H and O–H groups in total. The molecule has 0 atom stereocenters. The second kappa shape index (κ2) is 8.15. The monoisotopic (exact) mass is 315 g/mol. The Hall–Kier alpha value is -2.59. The van der Waals surface area contributed by atoms with Gasteiger partial charge < -0.3 is 20.4 Å². The van der Waals surface area contributed by atoms with Crippen molar-refractivity contribution in [1.82, 2.24) is 19.9 Å². The lowest BCUT2D eigenvalue weighted by Gasteiger charge is -2.02. The maximum absolute atomic E-state index is 11.5. The molecule has 0 aromatic carbocycles. The van der Waals surface area contributed by atoms with Gasteiger partial charge in [-0.1, -0.05) is 25.2 Å². The van der Waals surface area contributed by atoms with E-state index in [2.05, 4.69) is 34.0 Å². The normalized spacial score (nSPS) is 10.3. The topological polar surface area (TPSA) is 95.1 Å². The van der Waals surface area contributed by atoms with Crippen molar-refractivity contribution in [1.29, 1.82) is 0 Å². The van der Waals surface area contributed by atoms with Crippen LogP contribution in [0.4, 0.5) is 5.82 Å². The minimum absolute atomic E-state index is 0.0662. The van der Waals surface area contributed by atoms with Crippen molar-refractivity contribution in [2.45, 2.75) is 19.8 Å². The standard InChI is InChI=1S/C16H21N5O2/c1-3-4-8-23-10-13(22)18-7-5-6-12-9-21(2)16-14(12)15(17)19-11-20-16/h9,11H,3-4,7-8,10H2,1-2H3,(H,18,22)(H2,17,19,20). The summed E-state index contributed by atoms with van der Waals surface area (Å²) < 4.78 is 7.08. The van der Waals surface area contributed by atoms with E-state index in [-0.39, 0.29) is 19.1 Å². The predicted molar refractivity (Wildman–Crippen MR) is 88.5 cm³/mol. The average Bonchev–Trinajstić information content (AvgIpc) is 2.86. The summed E-state index contributed by atoms with van der Waals surface area (Å²) in [6.45, 7) is 2.99. The van der Waals surface area contributed by atoms with Crippen LogP contribution in [0.25, 0.3) is 11.0 Å². The van der Waals surface area contributed by atoms with E-state index < -0.39 is 0 Å². The fraction of sp³-hybridized carbons (Fsp3) is 0.438. The summed E-state index contributed by atoms with van der Waals surface area (Å²) in [5, 5.41) is 3.43. The third-order valence-electron chi connectivity index (χ3n) is 3.26. The molecule has 0 aliphatic carbocycles. The van der Waals surface area contributed by atoms with Crippen molar-refractivity contribution in [2.75, 3.05) is 25.5 Å². The molecule has 1 amide bonds. The molecule has 0 radical (unpaired) electrons. The van der Waals surface area contributed by atoms with Gasteiger partial charge in [-0.05, 0) is 6.42 Å². The number of hydrogen-bond donors (Lipinski definition) is 2. The third-order valence-corrected chi connectivity index (χ3v) is 3.26. The Morgan fingerprint density at radius 2 is 2.30 bits per heavy atom. The van der Waals surface area contributed by atoms with Crippen LogP contribution in [0.3, 0.4) is 0 Å². The molecule has 23 heavy (non-hydrogen) atoms. The Morgan fingerprint density at radius 1 is 1.48 bits per heavy atom. The molecule has 2 aromatic heterocycles. The largest absolute Gasteiger partial charge is 0.383 e. The molecule has 122 valence electrons. The number of rotatable bonds is 6. The highest BCUT2D eigenvalue weighted by Gasteiger charge is 2.09. The number of amides is 1. The quantitative estimate of drug-likeness (QED) is 0.608. The van der Waals surface area contributed by atoms with Gasteiger partial charge in [-0.25, -0.2) is 9.97 Å². The summed E-state index contributed by atoms with van der Waals surface area (Å²) in [6, 6.07) is 0. The molecule has 0 unspecified atom stereocenters. The highest BCUT2D eigenvalue weighted by atomic mass is 16.5. The molecule has 7 nitrogen and oxygen atoms in total. The van der Waals surface area contributed by atoms with Gasteiger partial charge in [-0.2, -0.15) is 0 Å². The molecule has 2 aromatic rings. The van der Waals surface area contributed by atoms with Gasteiger partial charge in [0.15, 0.2) is 0 Å². The Balaban J connectivity index is 1.92. The summed E-state index contributed by atoms with van der Waals surface area (Å²) in [6.07, 6.45) is 5.27. The molecule has 0 fully saturated rings. The number of nitrogen functional groups attached to an aromatic ring is 1. The van der Waals surface area contributed by atoms with Crippen LogP contribution in [-0.2, 0) is 16.6 Å². The van der Waals surface area contributed by atoms with Crippen LogP contribution in [0.5, 0.6) is 0 Å². The van der Waals surface area contributed by atoms with Crippen LogP contribution in [0, 0.1) is 11.8 Å². The van der Waals surface area contributed by atoms with E-state index in [1.165, 1.54) is 6.33 Å². The summed E-state index contributed by atoms with van der Waals surface area (Å²) in [5.41, 5.74) is 7.36. The zero-order chi connectivity index (χ0) is 16.7. The van der Waals surface area contributed by atoms with E-state index >= 15 is 0 Å². The van der Waals surface area contributed by atoms with Crippen LogP contribution >= 0.6 is 0 Å². The van der Waals surface area contributed by atoms with Crippen LogP contribution in [0.1, 0.15) is 25.3 Å². The van der Waals surface area contributed by atoms with Gasteiger partial charge in [0.2, 0.25) is 5.91 Å². The average molecular weight is 315 g/mol. The summed E-state index contributed by atoms with van der Waals surface area (Å²) >= 11 is 0. The van der Waals surface area contributed by atoms with Crippen molar-refractivity contribution >= 4 is 22.8 Å². The van der Waals surface area contributed by atoms with Crippen molar-refractivity contribution in [2.24, 2.45) is 7.05 Å². The minimum atomic E-state index is -0.170. The number of anilines is 1. The molecule has 0 aliphatic heterocycles. The van der Waals surface area contributed by atoms with Crippen LogP contribution in [0.2, 0.25) is 0 Å². The van der Waals surface area contributed by atoms with Crippen molar-refractivity contribution in [3.8, 4) is 11.8 Å². The lowest BCUT2D eigenvalue weighted by atomic mass is 10.2. The highest BCUT2D eigenvalue weighted by Crippen LogP contribution is 2.21. The number of aryl methyl sites for hydroxylation is 1. The first-order chi connectivity index (χ1) is 11.1. The van der Waals surface area contributed by atoms with E-state index in [1.807, 2.05) is 17.8 Å². The van der Waals surface area contributed by atoms with Gasteiger partial charge in [0.1, 0.15) is 24.4 Å². The molecule has 0 saturated carbocycles. The van der Waals surface area contributed by atoms with E-state index in [0.717, 1.165) is 29.4 Å². The number of carbonyl (C=O) groups excluding carboxylic acids is 1. The molecular formula is C16H21N5O2. The molecule has 7 heteroatoms. The van der Waals surface area contributed by atoms with Crippen molar-refractivity contribution in [3.63, 3.8) is 0 Å². The van der Waals surface area contributed by atoms with Gasteiger partial charge in [0.25, 0.3) is 0 Å². The second-order valence-electron chi connectivity index (χ2n) is 5.10. The number of nitrogens with zero attached hydrogens (tertiary/aromatic N) is 3. The van der Waals surface area contributed by atoms with Crippen LogP contribution in [0.15, 0.2) is 12.5 Å². The van der Waals surface area contributed by atoms with Crippen molar-refractivity contribution in [3.05, 3.63) is 18.1 Å². The SMILES string of the molecule is CCCCOCC(=O)NCC#Cc1cn(C)c2ncnc(N)c12. The molecule has 0 spiro atoms. The minimum Gasteiger partial charge on any atom is -0.383 e. The fourth-order valence-corrected chi connectivity index (χ4v) is 2.07. The van der Waals surface area contributed by atoms with E-state index in [9.17, 15) is 4.79 Å². The first kappa shape index (κ1) is 16.8. The van der Waals surface area contributed by atoms with E-state index in [1.54, 1.807) is 0 Å². The van der Waals surface area contributed by atoms with Crippen LogP contribution < -0.4 is 11.1 Å². The van der Waals surface area contributed by atoms with Crippen LogP contribution in [-0.4, -0.2) is 40.2 Å². The number of carbonyl (C=O) groups is 1. The molecule has 0 bridgehead atoms. The second-order valence-corrected chi connectivity index (χ2v) is 5.10. The molecule has 0 saturated heterocycles. The number of aromatic nitrogens is 3. The molecular weight excluding hydrogens is 294 g/mol. The number of nitrogens with two attached hydrogens (primary N) is 1. The van der Waals surface area contributed by atoms with Gasteiger partial charge in [-0.15, -0.1) is 0 Å². The molecule has 2 heterocycles. The maximum atomic E-state index is 11.5. The zero-order valence-corrected chi connectivity index (χ0v) is 13.4. The lowest BCUT2D eigenvalue weighted by molar-refractivity contribution is -0.125.